The maximum atomic E-state index is 5.84. The van der Waals surface area contributed by atoms with E-state index in [1.54, 1.807) is 0 Å². The minimum Gasteiger partial charge on any atom is -0.491 e. The molecule has 0 saturated heterocycles. The van der Waals surface area contributed by atoms with Gasteiger partial charge in [-0.1, -0.05) is 38.0 Å². The summed E-state index contributed by atoms with van der Waals surface area (Å²) in [7, 11) is 0. The Morgan fingerprint density at radius 3 is 2.86 bits per heavy atom. The van der Waals surface area contributed by atoms with Crippen molar-refractivity contribution in [1.29, 1.82) is 0 Å². The molecule has 1 N–H and O–H groups in total. The summed E-state index contributed by atoms with van der Waals surface area (Å²) in [4.78, 5) is 0. The van der Waals surface area contributed by atoms with Crippen molar-refractivity contribution in [3.63, 3.8) is 0 Å². The van der Waals surface area contributed by atoms with E-state index in [9.17, 15) is 0 Å². The number of para-hydroxylation sites is 1. The van der Waals surface area contributed by atoms with Gasteiger partial charge in [-0.2, -0.15) is 0 Å². The zero-order chi connectivity index (χ0) is 14.9. The van der Waals surface area contributed by atoms with Gasteiger partial charge >= 0.3 is 0 Å². The Morgan fingerprint density at radius 2 is 2.05 bits per heavy atom. The van der Waals surface area contributed by atoms with Crippen molar-refractivity contribution in [3.05, 3.63) is 29.8 Å². The monoisotopic (exact) mass is 291 g/mol. The molecule has 1 aromatic carbocycles. The van der Waals surface area contributed by atoms with E-state index in [0.717, 1.165) is 24.8 Å². The van der Waals surface area contributed by atoms with Crippen LogP contribution in [0.4, 0.5) is 0 Å². The fourth-order valence-corrected chi connectivity index (χ4v) is 3.02. The third-order valence-electron chi connectivity index (χ3n) is 4.18. The Labute approximate surface area is 129 Å². The second-order valence-corrected chi connectivity index (χ2v) is 6.00. The molecule has 1 aliphatic rings. The van der Waals surface area contributed by atoms with Gasteiger partial charge in [0.1, 0.15) is 12.4 Å². The third kappa shape index (κ3) is 5.68. The topological polar surface area (TPSA) is 30.5 Å². The molecule has 21 heavy (non-hydrogen) atoms. The third-order valence-corrected chi connectivity index (χ3v) is 4.18. The van der Waals surface area contributed by atoms with Crippen molar-refractivity contribution in [3.8, 4) is 5.75 Å². The van der Waals surface area contributed by atoms with Gasteiger partial charge in [-0.25, -0.2) is 0 Å². The highest BCUT2D eigenvalue weighted by Crippen LogP contribution is 2.24. The van der Waals surface area contributed by atoms with E-state index in [1.165, 1.54) is 31.2 Å². The average Bonchev–Trinajstić information content (AvgIpc) is 2.50. The first kappa shape index (κ1) is 16.3. The molecule has 0 radical (unpaired) electrons. The van der Waals surface area contributed by atoms with E-state index >= 15 is 0 Å². The second kappa shape index (κ2) is 9.06. The molecular formula is C18H29NO2. The summed E-state index contributed by atoms with van der Waals surface area (Å²) in [6.45, 7) is 7.26. The van der Waals surface area contributed by atoms with Crippen LogP contribution in [0.25, 0.3) is 0 Å². The van der Waals surface area contributed by atoms with Gasteiger partial charge in [-0.15, -0.1) is 0 Å². The molecule has 2 rings (SSSR count). The van der Waals surface area contributed by atoms with Crippen LogP contribution in [0, 0.1) is 5.92 Å². The van der Waals surface area contributed by atoms with Gasteiger partial charge in [0, 0.05) is 24.8 Å². The Bertz CT molecular complexity index is 408. The first-order chi connectivity index (χ1) is 10.3. The molecule has 1 saturated carbocycles. The molecule has 3 nitrogen and oxygen atoms in total. The van der Waals surface area contributed by atoms with Crippen LogP contribution >= 0.6 is 0 Å². The van der Waals surface area contributed by atoms with Crippen LogP contribution in [0.3, 0.4) is 0 Å². The fourth-order valence-electron chi connectivity index (χ4n) is 3.02. The van der Waals surface area contributed by atoms with Gasteiger partial charge in [0.05, 0.1) is 6.61 Å². The highest BCUT2D eigenvalue weighted by Gasteiger charge is 2.18. The molecule has 1 fully saturated rings. The Hall–Kier alpha value is -1.06. The predicted octanol–water partition coefficient (Wildman–Crippen LogP) is 3.77. The molecule has 1 aliphatic carbocycles. The van der Waals surface area contributed by atoms with Gasteiger partial charge in [0.15, 0.2) is 0 Å². The minimum atomic E-state index is 0.616. The lowest BCUT2D eigenvalue weighted by Gasteiger charge is -2.27. The molecule has 0 bridgehead atoms. The summed E-state index contributed by atoms with van der Waals surface area (Å²) in [5.41, 5.74) is 1.24. The van der Waals surface area contributed by atoms with E-state index in [4.69, 9.17) is 9.47 Å². The first-order valence-corrected chi connectivity index (χ1v) is 8.31. The number of rotatable bonds is 8. The Morgan fingerprint density at radius 1 is 1.19 bits per heavy atom. The van der Waals surface area contributed by atoms with Crippen LogP contribution in [0.5, 0.6) is 5.75 Å². The fraction of sp³-hybridized carbons (Fsp3) is 0.667. The lowest BCUT2D eigenvalue weighted by atomic mass is 9.87. The molecule has 1 aromatic rings. The van der Waals surface area contributed by atoms with E-state index in [1.807, 2.05) is 19.1 Å². The van der Waals surface area contributed by atoms with E-state index in [-0.39, 0.29) is 0 Å². The zero-order valence-electron chi connectivity index (χ0n) is 13.4. The molecule has 118 valence electrons. The highest BCUT2D eigenvalue weighted by molar-refractivity contribution is 5.33. The van der Waals surface area contributed by atoms with Crippen molar-refractivity contribution < 1.29 is 9.47 Å². The summed E-state index contributed by atoms with van der Waals surface area (Å²) in [5, 5.41) is 3.70. The summed E-state index contributed by atoms with van der Waals surface area (Å²) < 4.78 is 11.2. The molecular weight excluding hydrogens is 262 g/mol. The summed E-state index contributed by atoms with van der Waals surface area (Å²) in [6.07, 6.45) is 5.34. The van der Waals surface area contributed by atoms with Crippen molar-refractivity contribution in [2.75, 3.05) is 19.8 Å². The van der Waals surface area contributed by atoms with Crippen LogP contribution in [0.1, 0.15) is 45.1 Å². The summed E-state index contributed by atoms with van der Waals surface area (Å²) in [6, 6.07) is 8.96. The SMILES string of the molecule is CCOCCOc1ccccc1CNC1CCCC(C)C1. The molecule has 0 aliphatic heterocycles. The molecule has 0 spiro atoms. The van der Waals surface area contributed by atoms with Gasteiger partial charge < -0.3 is 14.8 Å². The molecule has 0 aromatic heterocycles. The van der Waals surface area contributed by atoms with Gasteiger partial charge in [0.2, 0.25) is 0 Å². The molecule has 0 heterocycles. The van der Waals surface area contributed by atoms with E-state index in [2.05, 4.69) is 24.4 Å². The van der Waals surface area contributed by atoms with Crippen molar-refractivity contribution >= 4 is 0 Å². The molecule has 2 atom stereocenters. The normalized spacial score (nSPS) is 22.2. The van der Waals surface area contributed by atoms with Crippen LogP contribution in [-0.2, 0) is 11.3 Å². The van der Waals surface area contributed by atoms with Gasteiger partial charge in [0.25, 0.3) is 0 Å². The summed E-state index contributed by atoms with van der Waals surface area (Å²) in [5.74, 6) is 1.84. The first-order valence-electron chi connectivity index (χ1n) is 8.31. The largest absolute Gasteiger partial charge is 0.491 e. The Balaban J connectivity index is 1.81. The number of benzene rings is 1. The van der Waals surface area contributed by atoms with Crippen LogP contribution in [0.2, 0.25) is 0 Å². The standard InChI is InChI=1S/C18H29NO2/c1-3-20-11-12-21-18-10-5-4-8-16(18)14-19-17-9-6-7-15(2)13-17/h4-5,8,10,15,17,19H,3,6-7,9,11-14H2,1-2H3. The lowest BCUT2D eigenvalue weighted by molar-refractivity contribution is 0.109. The number of hydrogen-bond donors (Lipinski definition) is 1. The number of hydrogen-bond acceptors (Lipinski definition) is 3. The van der Waals surface area contributed by atoms with E-state index < -0.39 is 0 Å². The maximum Gasteiger partial charge on any atom is 0.123 e. The quantitative estimate of drug-likeness (QED) is 0.740. The van der Waals surface area contributed by atoms with Crippen molar-refractivity contribution in [2.45, 2.75) is 52.1 Å². The second-order valence-electron chi connectivity index (χ2n) is 6.00. The van der Waals surface area contributed by atoms with E-state index in [0.29, 0.717) is 19.3 Å². The Kier molecular flexibility index (Phi) is 7.04. The zero-order valence-corrected chi connectivity index (χ0v) is 13.4. The average molecular weight is 291 g/mol. The van der Waals surface area contributed by atoms with Crippen molar-refractivity contribution in [2.24, 2.45) is 5.92 Å². The predicted molar refractivity (Wildman–Crippen MR) is 86.7 cm³/mol. The number of ether oxygens (including phenoxy) is 2. The van der Waals surface area contributed by atoms with Crippen LogP contribution in [-0.4, -0.2) is 25.9 Å². The smallest absolute Gasteiger partial charge is 0.123 e. The summed E-state index contributed by atoms with van der Waals surface area (Å²) >= 11 is 0. The van der Waals surface area contributed by atoms with Gasteiger partial charge in [-0.05, 0) is 31.7 Å². The molecule has 2 unspecified atom stereocenters. The van der Waals surface area contributed by atoms with Crippen molar-refractivity contribution in [1.82, 2.24) is 5.32 Å². The lowest BCUT2D eigenvalue weighted by Crippen LogP contribution is -2.33. The molecule has 3 heteroatoms. The minimum absolute atomic E-state index is 0.616. The highest BCUT2D eigenvalue weighted by atomic mass is 16.5. The van der Waals surface area contributed by atoms with Crippen LogP contribution in [0.15, 0.2) is 24.3 Å². The number of nitrogens with one attached hydrogen (secondary N) is 1. The maximum absolute atomic E-state index is 5.84. The van der Waals surface area contributed by atoms with Crippen LogP contribution < -0.4 is 10.1 Å². The van der Waals surface area contributed by atoms with Gasteiger partial charge in [-0.3, -0.25) is 0 Å². The molecule has 0 amide bonds.